The molecule has 0 aromatic rings. The van der Waals surface area contributed by atoms with Crippen LogP contribution in [0.25, 0.3) is 0 Å². The molecule has 3 nitrogen and oxygen atoms in total. The van der Waals surface area contributed by atoms with E-state index in [9.17, 15) is 15.3 Å². The highest BCUT2D eigenvalue weighted by Gasteiger charge is 2.68. The molecule has 0 radical (unpaired) electrons. The van der Waals surface area contributed by atoms with Crippen molar-refractivity contribution in [3.63, 3.8) is 0 Å². The number of aliphatic hydroxyl groups excluding tert-OH is 1. The van der Waals surface area contributed by atoms with Gasteiger partial charge in [0.2, 0.25) is 0 Å². The molecule has 0 unspecified atom stereocenters. The summed E-state index contributed by atoms with van der Waals surface area (Å²) in [5, 5.41) is 34.3. The lowest BCUT2D eigenvalue weighted by Crippen LogP contribution is -2.70. The van der Waals surface area contributed by atoms with Gasteiger partial charge in [0, 0.05) is 11.8 Å². The molecule has 0 amide bonds. The molecule has 4 fully saturated rings. The molecule has 0 aliphatic heterocycles. The Labute approximate surface area is 197 Å². The van der Waals surface area contributed by atoms with Gasteiger partial charge in [0.25, 0.3) is 0 Å². The Kier molecular flexibility index (Phi) is 6.65. The quantitative estimate of drug-likeness (QED) is 0.445. The highest BCUT2D eigenvalue weighted by molar-refractivity contribution is 5.18. The topological polar surface area (TPSA) is 60.7 Å². The molecule has 0 saturated heterocycles. The van der Waals surface area contributed by atoms with Crippen LogP contribution in [0, 0.1) is 46.3 Å². The van der Waals surface area contributed by atoms with Crippen molar-refractivity contribution in [2.45, 2.75) is 136 Å². The third kappa shape index (κ3) is 3.72. The summed E-state index contributed by atoms with van der Waals surface area (Å²) in [5.74, 6) is 4.08. The number of hydrogen-bond acceptors (Lipinski definition) is 3. The van der Waals surface area contributed by atoms with E-state index < -0.39 is 17.3 Å². The summed E-state index contributed by atoms with van der Waals surface area (Å²) in [6.45, 7) is 14.0. The lowest BCUT2D eigenvalue weighted by molar-refractivity contribution is -0.279. The maximum Gasteiger partial charge on any atom is 0.0988 e. The minimum Gasteiger partial charge on any atom is -0.390 e. The van der Waals surface area contributed by atoms with E-state index in [1.165, 1.54) is 44.9 Å². The van der Waals surface area contributed by atoms with E-state index >= 15 is 0 Å². The average Bonchev–Trinajstić information content (AvgIpc) is 3.08. The number of fused-ring (bicyclic) bond motifs is 5. The summed E-state index contributed by atoms with van der Waals surface area (Å²) in [5.41, 5.74) is -1.86. The molecule has 10 atom stereocenters. The molecule has 4 rings (SSSR count). The van der Waals surface area contributed by atoms with Crippen LogP contribution in [0.3, 0.4) is 0 Å². The zero-order chi connectivity index (χ0) is 23.5. The Bertz CT molecular complexity index is 677. The van der Waals surface area contributed by atoms with Crippen molar-refractivity contribution in [2.75, 3.05) is 0 Å². The van der Waals surface area contributed by atoms with Gasteiger partial charge < -0.3 is 15.3 Å². The summed E-state index contributed by atoms with van der Waals surface area (Å²) in [7, 11) is 0. The second-order valence-electron chi connectivity index (χ2n) is 13.8. The molecule has 4 saturated carbocycles. The SMILES string of the molecule is CC[C@]1(O)CC[C@]2(C)[C@H]3CC[C@]4(C)[C@@H]([C@H](C)CCCC(C)C)CC[C@H]4[C@@H]3C[C@H](O)[C@@]2(O)C1. The first-order valence-corrected chi connectivity index (χ1v) is 14.0. The standard InChI is InChI=1S/C29H52O3/c1-7-28(31)16-15-27(6)24-13-14-26(5)22(20(4)10-8-9-19(2)3)11-12-23(26)21(24)17-25(30)29(27,32)18-28/h19-25,30-32H,7-18H2,1-6H3/t20-,21+,22-,23+,24+,25+,26-,27-,28+,29+/m1/s1. The van der Waals surface area contributed by atoms with Gasteiger partial charge in [-0.05, 0) is 92.3 Å². The molecule has 186 valence electrons. The molecular formula is C29H52O3. The maximum absolute atomic E-state index is 11.9. The first-order valence-electron chi connectivity index (χ1n) is 14.0. The van der Waals surface area contributed by atoms with E-state index in [0.29, 0.717) is 36.0 Å². The highest BCUT2D eigenvalue weighted by Crippen LogP contribution is 2.69. The Morgan fingerprint density at radius 1 is 0.906 bits per heavy atom. The van der Waals surface area contributed by atoms with Gasteiger partial charge >= 0.3 is 0 Å². The van der Waals surface area contributed by atoms with Gasteiger partial charge in [-0.15, -0.1) is 0 Å². The summed E-state index contributed by atoms with van der Waals surface area (Å²) in [6, 6.07) is 0. The zero-order valence-electron chi connectivity index (χ0n) is 21.9. The van der Waals surface area contributed by atoms with Crippen LogP contribution in [-0.2, 0) is 0 Å². The lowest BCUT2D eigenvalue weighted by Gasteiger charge is -2.66. The van der Waals surface area contributed by atoms with E-state index in [-0.39, 0.29) is 5.41 Å². The summed E-state index contributed by atoms with van der Waals surface area (Å²) in [4.78, 5) is 0. The third-order valence-electron chi connectivity index (χ3n) is 11.9. The first kappa shape index (κ1) is 25.0. The largest absolute Gasteiger partial charge is 0.390 e. The number of aliphatic hydroxyl groups is 3. The van der Waals surface area contributed by atoms with Crippen molar-refractivity contribution >= 4 is 0 Å². The summed E-state index contributed by atoms with van der Waals surface area (Å²) in [6.07, 6.45) is 11.8. The molecule has 0 bridgehead atoms. The second-order valence-corrected chi connectivity index (χ2v) is 13.8. The average molecular weight is 449 g/mol. The summed E-state index contributed by atoms with van der Waals surface area (Å²) < 4.78 is 0. The van der Waals surface area contributed by atoms with Crippen molar-refractivity contribution in [3.8, 4) is 0 Å². The molecule has 32 heavy (non-hydrogen) atoms. The van der Waals surface area contributed by atoms with E-state index in [1.807, 2.05) is 6.92 Å². The van der Waals surface area contributed by atoms with Crippen LogP contribution in [0.15, 0.2) is 0 Å². The molecular weight excluding hydrogens is 396 g/mol. The van der Waals surface area contributed by atoms with Crippen LogP contribution in [0.4, 0.5) is 0 Å². The predicted molar refractivity (Wildman–Crippen MR) is 131 cm³/mol. The maximum atomic E-state index is 11.9. The van der Waals surface area contributed by atoms with E-state index in [0.717, 1.165) is 37.0 Å². The van der Waals surface area contributed by atoms with Gasteiger partial charge in [-0.25, -0.2) is 0 Å². The molecule has 0 aromatic carbocycles. The molecule has 0 aromatic heterocycles. The van der Waals surface area contributed by atoms with Crippen molar-refractivity contribution < 1.29 is 15.3 Å². The number of hydrogen-bond donors (Lipinski definition) is 3. The van der Waals surface area contributed by atoms with Gasteiger partial charge in [0.05, 0.1) is 17.3 Å². The third-order valence-corrected chi connectivity index (χ3v) is 11.9. The lowest BCUT2D eigenvalue weighted by atomic mass is 9.41. The fourth-order valence-corrected chi connectivity index (χ4v) is 9.69. The zero-order valence-corrected chi connectivity index (χ0v) is 21.9. The van der Waals surface area contributed by atoms with E-state index in [2.05, 4.69) is 34.6 Å². The smallest absolute Gasteiger partial charge is 0.0988 e. The van der Waals surface area contributed by atoms with Crippen LogP contribution >= 0.6 is 0 Å². The molecule has 0 spiro atoms. The van der Waals surface area contributed by atoms with Gasteiger partial charge in [0.15, 0.2) is 0 Å². The van der Waals surface area contributed by atoms with E-state index in [4.69, 9.17) is 0 Å². The molecule has 4 aliphatic carbocycles. The van der Waals surface area contributed by atoms with E-state index in [1.54, 1.807) is 0 Å². The Morgan fingerprint density at radius 2 is 1.62 bits per heavy atom. The minimum atomic E-state index is -1.15. The van der Waals surface area contributed by atoms with Gasteiger partial charge in [0.1, 0.15) is 0 Å². The van der Waals surface area contributed by atoms with Crippen molar-refractivity contribution in [3.05, 3.63) is 0 Å². The van der Waals surface area contributed by atoms with Crippen molar-refractivity contribution in [2.24, 2.45) is 46.3 Å². The van der Waals surface area contributed by atoms with Crippen LogP contribution in [0.2, 0.25) is 0 Å². The molecule has 0 heterocycles. The normalized spacial score (nSPS) is 51.8. The molecule has 3 N–H and O–H groups in total. The van der Waals surface area contributed by atoms with Crippen molar-refractivity contribution in [1.82, 2.24) is 0 Å². The fourth-order valence-electron chi connectivity index (χ4n) is 9.69. The number of rotatable bonds is 6. The van der Waals surface area contributed by atoms with Gasteiger partial charge in [-0.1, -0.05) is 60.8 Å². The Balaban J connectivity index is 1.54. The highest BCUT2D eigenvalue weighted by atomic mass is 16.3. The second kappa shape index (κ2) is 8.52. The monoisotopic (exact) mass is 448 g/mol. The van der Waals surface area contributed by atoms with Gasteiger partial charge in [-0.3, -0.25) is 0 Å². The summed E-state index contributed by atoms with van der Waals surface area (Å²) >= 11 is 0. The van der Waals surface area contributed by atoms with Crippen molar-refractivity contribution in [1.29, 1.82) is 0 Å². The van der Waals surface area contributed by atoms with Gasteiger partial charge in [-0.2, -0.15) is 0 Å². The molecule has 4 aliphatic rings. The first-order chi connectivity index (χ1) is 14.9. The fraction of sp³-hybridized carbons (Fsp3) is 1.00. The van der Waals surface area contributed by atoms with Crippen LogP contribution in [-0.4, -0.2) is 32.6 Å². The Morgan fingerprint density at radius 3 is 2.28 bits per heavy atom. The molecule has 3 heteroatoms. The predicted octanol–water partition coefficient (Wildman–Crippen LogP) is 6.33. The Hall–Kier alpha value is -0.120. The van der Waals surface area contributed by atoms with Crippen LogP contribution < -0.4 is 0 Å². The van der Waals surface area contributed by atoms with Crippen LogP contribution in [0.5, 0.6) is 0 Å². The van der Waals surface area contributed by atoms with Crippen LogP contribution in [0.1, 0.15) is 119 Å². The minimum absolute atomic E-state index is 0.279.